The van der Waals surface area contributed by atoms with Gasteiger partial charge in [-0.1, -0.05) is 30.3 Å². The third-order valence-electron chi connectivity index (χ3n) is 3.68. The zero-order valence-electron chi connectivity index (χ0n) is 11.9. The van der Waals surface area contributed by atoms with Crippen LogP contribution < -0.4 is 5.73 Å². The second-order valence-electron chi connectivity index (χ2n) is 5.05. The highest BCUT2D eigenvalue weighted by atomic mass is 79.9. The van der Waals surface area contributed by atoms with E-state index in [1.807, 2.05) is 30.3 Å². The van der Waals surface area contributed by atoms with Crippen molar-refractivity contribution in [3.63, 3.8) is 0 Å². The molecule has 4 nitrogen and oxygen atoms in total. The highest BCUT2D eigenvalue weighted by Gasteiger charge is 2.22. The number of halogens is 1. The quantitative estimate of drug-likeness (QED) is 0.551. The number of furan rings is 1. The third kappa shape index (κ3) is 2.49. The molecule has 114 valence electrons. The summed E-state index contributed by atoms with van der Waals surface area (Å²) in [6.07, 6.45) is 3.17. The molecule has 0 saturated heterocycles. The summed E-state index contributed by atoms with van der Waals surface area (Å²) in [6, 6.07) is 13.4. The van der Waals surface area contributed by atoms with Crippen molar-refractivity contribution in [2.24, 2.45) is 5.73 Å². The summed E-state index contributed by atoms with van der Waals surface area (Å²) in [5.41, 5.74) is 9.33. The summed E-state index contributed by atoms with van der Waals surface area (Å²) in [6.45, 7) is 0. The first-order valence-corrected chi connectivity index (χ1v) is 8.64. The van der Waals surface area contributed by atoms with Gasteiger partial charge < -0.3 is 10.2 Å². The Balaban J connectivity index is 1.99. The SMILES string of the molecule is NC(c1ccco1)c1ncnc2sc(Br)c(-c3ccccc3)c12. The molecular formula is C17H12BrN3OS. The fourth-order valence-electron chi connectivity index (χ4n) is 2.63. The van der Waals surface area contributed by atoms with E-state index in [1.54, 1.807) is 23.9 Å². The minimum absolute atomic E-state index is 0.431. The Bertz CT molecular complexity index is 951. The molecule has 6 heteroatoms. The maximum atomic E-state index is 6.39. The molecule has 0 aliphatic carbocycles. The zero-order chi connectivity index (χ0) is 15.8. The Morgan fingerprint density at radius 2 is 1.91 bits per heavy atom. The summed E-state index contributed by atoms with van der Waals surface area (Å²) >= 11 is 5.25. The number of hydrogen-bond donors (Lipinski definition) is 1. The number of nitrogens with zero attached hydrogens (tertiary/aromatic N) is 2. The maximum Gasteiger partial charge on any atom is 0.128 e. The van der Waals surface area contributed by atoms with Crippen LogP contribution in [0.2, 0.25) is 0 Å². The molecule has 1 atom stereocenters. The van der Waals surface area contributed by atoms with E-state index in [-0.39, 0.29) is 0 Å². The van der Waals surface area contributed by atoms with Crippen LogP contribution in [0.15, 0.2) is 63.3 Å². The van der Waals surface area contributed by atoms with Gasteiger partial charge in [-0.25, -0.2) is 9.97 Å². The van der Waals surface area contributed by atoms with Crippen molar-refractivity contribution in [1.29, 1.82) is 0 Å². The highest BCUT2D eigenvalue weighted by Crippen LogP contribution is 2.43. The monoisotopic (exact) mass is 385 g/mol. The summed E-state index contributed by atoms with van der Waals surface area (Å²) in [5.74, 6) is 0.686. The lowest BCUT2D eigenvalue weighted by molar-refractivity contribution is 0.487. The minimum Gasteiger partial charge on any atom is -0.467 e. The van der Waals surface area contributed by atoms with Crippen molar-refractivity contribution in [2.45, 2.75) is 6.04 Å². The van der Waals surface area contributed by atoms with Crippen molar-refractivity contribution < 1.29 is 4.42 Å². The number of fused-ring (bicyclic) bond motifs is 1. The summed E-state index contributed by atoms with van der Waals surface area (Å²) < 4.78 is 6.48. The van der Waals surface area contributed by atoms with Crippen molar-refractivity contribution >= 4 is 37.5 Å². The topological polar surface area (TPSA) is 64.9 Å². The Hall–Kier alpha value is -2.02. The minimum atomic E-state index is -0.431. The molecule has 3 heterocycles. The number of nitrogens with two attached hydrogens (primary N) is 1. The second kappa shape index (κ2) is 5.88. The van der Waals surface area contributed by atoms with E-state index in [4.69, 9.17) is 10.2 Å². The second-order valence-corrected chi connectivity index (χ2v) is 7.37. The maximum absolute atomic E-state index is 6.39. The predicted molar refractivity (Wildman–Crippen MR) is 95.3 cm³/mol. The number of rotatable bonds is 3. The van der Waals surface area contributed by atoms with Gasteiger partial charge >= 0.3 is 0 Å². The molecule has 0 aliphatic heterocycles. The van der Waals surface area contributed by atoms with Crippen LogP contribution in [0.5, 0.6) is 0 Å². The largest absolute Gasteiger partial charge is 0.467 e. The summed E-state index contributed by atoms with van der Waals surface area (Å²) in [7, 11) is 0. The Kier molecular flexibility index (Phi) is 3.72. The number of hydrogen-bond acceptors (Lipinski definition) is 5. The van der Waals surface area contributed by atoms with Gasteiger partial charge in [-0.15, -0.1) is 11.3 Å². The lowest BCUT2D eigenvalue weighted by Gasteiger charge is -2.11. The molecule has 0 aliphatic rings. The van der Waals surface area contributed by atoms with Crippen LogP contribution in [-0.4, -0.2) is 9.97 Å². The van der Waals surface area contributed by atoms with Crippen LogP contribution in [0.25, 0.3) is 21.3 Å². The van der Waals surface area contributed by atoms with Gasteiger partial charge in [0.25, 0.3) is 0 Å². The van der Waals surface area contributed by atoms with Crippen molar-refractivity contribution in [1.82, 2.24) is 9.97 Å². The summed E-state index contributed by atoms with van der Waals surface area (Å²) in [5, 5.41) is 0.972. The smallest absolute Gasteiger partial charge is 0.128 e. The third-order valence-corrected chi connectivity index (χ3v) is 5.45. The van der Waals surface area contributed by atoms with Gasteiger partial charge in [0.1, 0.15) is 23.0 Å². The van der Waals surface area contributed by atoms with Crippen molar-refractivity contribution in [3.8, 4) is 11.1 Å². The average Bonchev–Trinajstić information content (AvgIpc) is 3.21. The molecule has 0 spiro atoms. The van der Waals surface area contributed by atoms with E-state index in [1.165, 1.54) is 0 Å². The number of aromatic nitrogens is 2. The van der Waals surface area contributed by atoms with E-state index in [9.17, 15) is 0 Å². The standard InChI is InChI=1S/C17H12BrN3OS/c18-16-12(10-5-2-1-3-6-10)13-15(20-9-21-17(13)23-16)14(19)11-7-4-8-22-11/h1-9,14H,19H2. The first-order chi connectivity index (χ1) is 11.3. The number of thiophene rings is 1. The lowest BCUT2D eigenvalue weighted by atomic mass is 10.0. The van der Waals surface area contributed by atoms with Crippen LogP contribution in [0.1, 0.15) is 17.5 Å². The van der Waals surface area contributed by atoms with Crippen molar-refractivity contribution in [2.75, 3.05) is 0 Å². The molecule has 3 aromatic heterocycles. The molecule has 1 aromatic carbocycles. The molecule has 0 radical (unpaired) electrons. The van der Waals surface area contributed by atoms with Gasteiger partial charge in [0.2, 0.25) is 0 Å². The van der Waals surface area contributed by atoms with Crippen LogP contribution in [0.4, 0.5) is 0 Å². The molecule has 23 heavy (non-hydrogen) atoms. The highest BCUT2D eigenvalue weighted by molar-refractivity contribution is 9.11. The fourth-order valence-corrected chi connectivity index (χ4v) is 4.42. The van der Waals surface area contributed by atoms with Gasteiger partial charge in [-0.2, -0.15) is 0 Å². The zero-order valence-corrected chi connectivity index (χ0v) is 14.3. The first kappa shape index (κ1) is 14.6. The van der Waals surface area contributed by atoms with E-state index >= 15 is 0 Å². The molecule has 2 N–H and O–H groups in total. The fraction of sp³-hybridized carbons (Fsp3) is 0.0588. The molecule has 1 unspecified atom stereocenters. The first-order valence-electron chi connectivity index (χ1n) is 7.03. The molecule has 4 aromatic rings. The lowest BCUT2D eigenvalue weighted by Crippen LogP contribution is -2.13. The van der Waals surface area contributed by atoms with E-state index < -0.39 is 6.04 Å². The van der Waals surface area contributed by atoms with Gasteiger partial charge in [-0.05, 0) is 33.6 Å². The normalized spacial score (nSPS) is 12.6. The van der Waals surface area contributed by atoms with Crippen LogP contribution in [0.3, 0.4) is 0 Å². The van der Waals surface area contributed by atoms with Crippen LogP contribution in [0, 0.1) is 0 Å². The van der Waals surface area contributed by atoms with Gasteiger partial charge in [0.15, 0.2) is 0 Å². The Morgan fingerprint density at radius 1 is 1.09 bits per heavy atom. The van der Waals surface area contributed by atoms with Gasteiger partial charge in [0, 0.05) is 10.9 Å². The van der Waals surface area contributed by atoms with E-state index in [0.717, 1.165) is 30.8 Å². The van der Waals surface area contributed by atoms with Crippen LogP contribution in [-0.2, 0) is 0 Å². The average molecular weight is 386 g/mol. The number of benzene rings is 1. The molecule has 0 fully saturated rings. The molecular weight excluding hydrogens is 374 g/mol. The van der Waals surface area contributed by atoms with Crippen LogP contribution >= 0.6 is 27.3 Å². The van der Waals surface area contributed by atoms with E-state index in [0.29, 0.717) is 5.76 Å². The molecule has 4 rings (SSSR count). The Labute approximate surface area is 145 Å². The summed E-state index contributed by atoms with van der Waals surface area (Å²) in [4.78, 5) is 9.76. The predicted octanol–water partition coefficient (Wildman–Crippen LogP) is 4.76. The molecule has 0 amide bonds. The van der Waals surface area contributed by atoms with Gasteiger partial charge in [0.05, 0.1) is 15.7 Å². The molecule has 0 bridgehead atoms. The Morgan fingerprint density at radius 3 is 2.65 bits per heavy atom. The van der Waals surface area contributed by atoms with Gasteiger partial charge in [-0.3, -0.25) is 0 Å². The van der Waals surface area contributed by atoms with Crippen molar-refractivity contribution in [3.05, 3.63) is 70.3 Å². The molecule has 0 saturated carbocycles. The van der Waals surface area contributed by atoms with E-state index in [2.05, 4.69) is 38.0 Å².